The van der Waals surface area contributed by atoms with E-state index in [1.807, 2.05) is 0 Å². The molecule has 0 radical (unpaired) electrons. The summed E-state index contributed by atoms with van der Waals surface area (Å²) in [7, 11) is 4.54. The number of hydrogen-bond acceptors (Lipinski definition) is 7. The van der Waals surface area contributed by atoms with Crippen molar-refractivity contribution in [2.75, 3.05) is 21.3 Å². The average Bonchev–Trinajstić information content (AvgIpc) is 3.45. The third kappa shape index (κ3) is 4.03. The van der Waals surface area contributed by atoms with Gasteiger partial charge in [-0.3, -0.25) is 9.59 Å². The quantitative estimate of drug-likeness (QED) is 0.332. The van der Waals surface area contributed by atoms with Crippen LogP contribution in [0.4, 0.5) is 0 Å². The number of rotatable bonds is 7. The van der Waals surface area contributed by atoms with E-state index in [0.29, 0.717) is 34.1 Å². The molecule has 2 heterocycles. The first kappa shape index (κ1) is 22.0. The second-order valence-corrected chi connectivity index (χ2v) is 7.34. The van der Waals surface area contributed by atoms with Crippen LogP contribution in [0.15, 0.2) is 70.9 Å². The summed E-state index contributed by atoms with van der Waals surface area (Å²) in [6.45, 7) is 0.0298. The molecule has 8 heteroatoms. The zero-order valence-electron chi connectivity index (χ0n) is 18.4. The number of aliphatic hydroxyl groups excluding tert-OH is 1. The molecule has 0 saturated carbocycles. The Hall–Kier alpha value is -4.20. The SMILES string of the molecule is COc1ccc(C(O)=C2C(=O)C(=O)N(Cc3ccco3)[C@H]2c2cc(OC)ccc2OC)cc1. The lowest BCUT2D eigenvalue weighted by molar-refractivity contribution is -0.140. The van der Waals surface area contributed by atoms with Crippen LogP contribution in [0.1, 0.15) is 22.9 Å². The van der Waals surface area contributed by atoms with E-state index in [1.165, 1.54) is 32.5 Å². The summed E-state index contributed by atoms with van der Waals surface area (Å²) in [6, 6.07) is 14.1. The molecule has 1 aliphatic heterocycles. The number of ether oxygens (including phenoxy) is 3. The number of carbonyl (C=O) groups excluding carboxylic acids is 2. The number of aliphatic hydroxyl groups is 1. The van der Waals surface area contributed by atoms with Crippen molar-refractivity contribution in [2.45, 2.75) is 12.6 Å². The average molecular weight is 449 g/mol. The van der Waals surface area contributed by atoms with Crippen LogP contribution in [-0.2, 0) is 16.1 Å². The van der Waals surface area contributed by atoms with E-state index in [1.54, 1.807) is 54.6 Å². The van der Waals surface area contributed by atoms with Crippen LogP contribution < -0.4 is 14.2 Å². The van der Waals surface area contributed by atoms with Crippen LogP contribution >= 0.6 is 0 Å². The van der Waals surface area contributed by atoms with Gasteiger partial charge in [0, 0.05) is 11.1 Å². The lowest BCUT2D eigenvalue weighted by Gasteiger charge is -2.26. The number of amides is 1. The first-order chi connectivity index (χ1) is 16.0. The van der Waals surface area contributed by atoms with Gasteiger partial charge in [0.2, 0.25) is 0 Å². The minimum absolute atomic E-state index is 0.0298. The van der Waals surface area contributed by atoms with Gasteiger partial charge >= 0.3 is 0 Å². The Balaban J connectivity index is 1.92. The Labute approximate surface area is 190 Å². The van der Waals surface area contributed by atoms with E-state index >= 15 is 0 Å². The molecule has 1 fully saturated rings. The number of Topliss-reactive ketones (excluding diaryl/α,β-unsaturated/α-hetero) is 1. The first-order valence-electron chi connectivity index (χ1n) is 10.2. The number of ketones is 1. The molecule has 3 aromatic rings. The number of nitrogens with zero attached hydrogens (tertiary/aromatic N) is 1. The summed E-state index contributed by atoms with van der Waals surface area (Å²) in [4.78, 5) is 27.7. The number of furan rings is 1. The summed E-state index contributed by atoms with van der Waals surface area (Å²) < 4.78 is 21.5. The van der Waals surface area contributed by atoms with Gasteiger partial charge in [-0.2, -0.15) is 0 Å². The van der Waals surface area contributed by atoms with Crippen molar-refractivity contribution in [2.24, 2.45) is 0 Å². The molecule has 4 rings (SSSR count). The first-order valence-corrected chi connectivity index (χ1v) is 10.2. The topological polar surface area (TPSA) is 98.4 Å². The Bertz CT molecular complexity index is 1200. The maximum atomic E-state index is 13.2. The third-order valence-electron chi connectivity index (χ3n) is 5.54. The van der Waals surface area contributed by atoms with Crippen molar-refractivity contribution in [3.63, 3.8) is 0 Å². The molecular formula is C25H23NO7. The Morgan fingerprint density at radius 3 is 2.27 bits per heavy atom. The van der Waals surface area contributed by atoms with Gasteiger partial charge in [-0.25, -0.2) is 0 Å². The lowest BCUT2D eigenvalue weighted by atomic mass is 9.94. The lowest BCUT2D eigenvalue weighted by Crippen LogP contribution is -2.29. The van der Waals surface area contributed by atoms with Crippen LogP contribution in [-0.4, -0.2) is 43.0 Å². The number of hydrogen-bond donors (Lipinski definition) is 1. The molecule has 1 N–H and O–H groups in total. The van der Waals surface area contributed by atoms with Crippen LogP contribution in [0.2, 0.25) is 0 Å². The maximum absolute atomic E-state index is 13.2. The van der Waals surface area contributed by atoms with E-state index in [2.05, 4.69) is 0 Å². The molecule has 0 unspecified atom stereocenters. The smallest absolute Gasteiger partial charge is 0.296 e. The zero-order chi connectivity index (χ0) is 23.5. The van der Waals surface area contributed by atoms with Crippen LogP contribution in [0, 0.1) is 0 Å². The number of likely N-dealkylation sites (tertiary alicyclic amines) is 1. The third-order valence-corrected chi connectivity index (χ3v) is 5.54. The fourth-order valence-corrected chi connectivity index (χ4v) is 3.89. The van der Waals surface area contributed by atoms with Gasteiger partial charge in [-0.15, -0.1) is 0 Å². The van der Waals surface area contributed by atoms with Crippen molar-refractivity contribution in [1.29, 1.82) is 0 Å². The van der Waals surface area contributed by atoms with Gasteiger partial charge in [0.1, 0.15) is 28.8 Å². The van der Waals surface area contributed by atoms with Crippen LogP contribution in [0.5, 0.6) is 17.2 Å². The minimum Gasteiger partial charge on any atom is -0.507 e. The molecule has 170 valence electrons. The fraction of sp³-hybridized carbons (Fsp3) is 0.200. The molecule has 2 aromatic carbocycles. The summed E-state index contributed by atoms with van der Waals surface area (Å²) in [5.74, 6) is 0.185. The van der Waals surface area contributed by atoms with Crippen molar-refractivity contribution in [1.82, 2.24) is 4.90 Å². The molecule has 1 atom stereocenters. The highest BCUT2D eigenvalue weighted by Crippen LogP contribution is 2.44. The van der Waals surface area contributed by atoms with Gasteiger partial charge in [0.15, 0.2) is 0 Å². The number of carbonyl (C=O) groups is 2. The van der Waals surface area contributed by atoms with Gasteiger partial charge < -0.3 is 28.6 Å². The van der Waals surface area contributed by atoms with E-state index in [4.69, 9.17) is 18.6 Å². The normalized spacial score (nSPS) is 17.3. The minimum atomic E-state index is -0.928. The van der Waals surface area contributed by atoms with Crippen molar-refractivity contribution in [3.8, 4) is 17.2 Å². The Morgan fingerprint density at radius 1 is 0.970 bits per heavy atom. The molecule has 8 nitrogen and oxygen atoms in total. The predicted molar refractivity (Wildman–Crippen MR) is 119 cm³/mol. The standard InChI is InChI=1S/C25H23NO7/c1-30-16-8-6-15(7-9-16)23(27)21-22(19-13-17(31-2)10-11-20(19)32-3)26(25(29)24(21)28)14-18-5-4-12-33-18/h4-13,22,27H,14H2,1-3H3/t22-/m0/s1. The maximum Gasteiger partial charge on any atom is 0.296 e. The van der Waals surface area contributed by atoms with Crippen molar-refractivity contribution < 1.29 is 33.3 Å². The highest BCUT2D eigenvalue weighted by atomic mass is 16.5. The molecule has 1 amide bonds. The van der Waals surface area contributed by atoms with Gasteiger partial charge in [0.25, 0.3) is 11.7 Å². The van der Waals surface area contributed by atoms with E-state index in [-0.39, 0.29) is 17.9 Å². The van der Waals surface area contributed by atoms with Gasteiger partial charge in [0.05, 0.1) is 45.8 Å². The predicted octanol–water partition coefficient (Wildman–Crippen LogP) is 3.93. The molecular weight excluding hydrogens is 426 g/mol. The van der Waals surface area contributed by atoms with E-state index in [9.17, 15) is 14.7 Å². The second kappa shape index (κ2) is 9.12. The molecule has 1 aliphatic rings. The summed E-state index contributed by atoms with van der Waals surface area (Å²) in [5.41, 5.74) is 0.819. The fourth-order valence-electron chi connectivity index (χ4n) is 3.89. The number of methoxy groups -OCH3 is 3. The van der Waals surface area contributed by atoms with Crippen LogP contribution in [0.25, 0.3) is 5.76 Å². The zero-order valence-corrected chi connectivity index (χ0v) is 18.4. The Morgan fingerprint density at radius 2 is 1.67 bits per heavy atom. The van der Waals surface area contributed by atoms with Gasteiger partial charge in [-0.1, -0.05) is 0 Å². The highest BCUT2D eigenvalue weighted by molar-refractivity contribution is 6.46. The summed E-state index contributed by atoms with van der Waals surface area (Å²) >= 11 is 0. The van der Waals surface area contributed by atoms with E-state index in [0.717, 1.165) is 0 Å². The van der Waals surface area contributed by atoms with Crippen LogP contribution in [0.3, 0.4) is 0 Å². The van der Waals surface area contributed by atoms with Crippen molar-refractivity contribution in [3.05, 3.63) is 83.3 Å². The van der Waals surface area contributed by atoms with Gasteiger partial charge in [-0.05, 0) is 54.6 Å². The molecule has 0 aliphatic carbocycles. The van der Waals surface area contributed by atoms with E-state index < -0.39 is 17.7 Å². The highest BCUT2D eigenvalue weighted by Gasteiger charge is 2.47. The number of benzene rings is 2. The summed E-state index contributed by atoms with van der Waals surface area (Å²) in [6.07, 6.45) is 1.49. The summed E-state index contributed by atoms with van der Waals surface area (Å²) in [5, 5.41) is 11.2. The monoisotopic (exact) mass is 449 g/mol. The Kier molecular flexibility index (Phi) is 6.08. The molecule has 0 spiro atoms. The van der Waals surface area contributed by atoms with Crippen molar-refractivity contribution >= 4 is 17.4 Å². The second-order valence-electron chi connectivity index (χ2n) is 7.34. The molecule has 1 aromatic heterocycles. The molecule has 1 saturated heterocycles. The largest absolute Gasteiger partial charge is 0.507 e. The molecule has 0 bridgehead atoms. The molecule has 33 heavy (non-hydrogen) atoms.